The predicted octanol–water partition coefficient (Wildman–Crippen LogP) is 7.43. The Labute approximate surface area is 269 Å². The van der Waals surface area contributed by atoms with Crippen molar-refractivity contribution < 1.29 is 18.8 Å². The second-order valence-electron chi connectivity index (χ2n) is 14.4. The van der Waals surface area contributed by atoms with Crippen molar-refractivity contribution in [1.82, 2.24) is 10.3 Å². The van der Waals surface area contributed by atoms with E-state index < -0.39 is 31.0 Å². The molecule has 0 radical (unpaired) electrons. The van der Waals surface area contributed by atoms with Gasteiger partial charge in [0.2, 0.25) is 5.91 Å². The number of nitrogens with zero attached hydrogens (tertiary/aromatic N) is 1. The number of carbonyl (C=O) groups is 2. The zero-order valence-corrected chi connectivity index (χ0v) is 29.6. The number of pyridine rings is 1. The van der Waals surface area contributed by atoms with Gasteiger partial charge in [-0.15, -0.1) is 0 Å². The van der Waals surface area contributed by atoms with Crippen LogP contribution in [-0.2, 0) is 19.5 Å². The number of amides is 2. The maximum absolute atomic E-state index is 13.5. The second kappa shape index (κ2) is 13.4. The standard InChI is InChI=1S/C35H48ClN3O4Si/c1-32(2,3)30(40)39-35(10,27-21-23-37-29(36)28(27)38-31(41)43-33(4,5)6)22-24-42-44(34(7,8)9,25-17-13-11-14-18-25)26-19-15-12-16-20-26/h11-21,23H,22,24H2,1-10H3,(H,38,41)(H,39,40)/t35-/m0/s1. The quantitative estimate of drug-likeness (QED) is 0.188. The van der Waals surface area contributed by atoms with Gasteiger partial charge in [0.1, 0.15) is 5.60 Å². The molecule has 0 fully saturated rings. The van der Waals surface area contributed by atoms with Crippen molar-refractivity contribution >= 4 is 48.0 Å². The predicted molar refractivity (Wildman–Crippen MR) is 182 cm³/mol. The highest BCUT2D eigenvalue weighted by Crippen LogP contribution is 2.39. The highest BCUT2D eigenvalue weighted by molar-refractivity contribution is 6.99. The first kappa shape index (κ1) is 35.3. The van der Waals surface area contributed by atoms with Gasteiger partial charge in [-0.2, -0.15) is 0 Å². The molecule has 238 valence electrons. The second-order valence-corrected chi connectivity index (χ2v) is 19.1. The van der Waals surface area contributed by atoms with Crippen LogP contribution in [0.2, 0.25) is 10.2 Å². The lowest BCUT2D eigenvalue weighted by Crippen LogP contribution is -2.66. The smallest absolute Gasteiger partial charge is 0.412 e. The maximum Gasteiger partial charge on any atom is 0.412 e. The molecule has 2 aromatic carbocycles. The summed E-state index contributed by atoms with van der Waals surface area (Å²) in [6.07, 6.45) is 1.30. The SMILES string of the molecule is CC(C)(C)OC(=O)Nc1c([C@](C)(CCO[Si](c2ccccc2)(c2ccccc2)C(C)(C)C)NC(=O)C(C)(C)C)ccnc1Cl. The first-order valence-electron chi connectivity index (χ1n) is 15.0. The molecule has 2 N–H and O–H groups in total. The average Bonchev–Trinajstić information content (AvgIpc) is 2.91. The van der Waals surface area contributed by atoms with E-state index in [9.17, 15) is 9.59 Å². The summed E-state index contributed by atoms with van der Waals surface area (Å²) >= 11 is 6.59. The summed E-state index contributed by atoms with van der Waals surface area (Å²) in [5.74, 6) is -0.151. The molecule has 1 heterocycles. The third-order valence-electron chi connectivity index (χ3n) is 7.53. The molecular formula is C35H48ClN3O4Si. The van der Waals surface area contributed by atoms with Gasteiger partial charge < -0.3 is 14.5 Å². The van der Waals surface area contributed by atoms with E-state index in [2.05, 4.69) is 84.9 Å². The molecule has 0 saturated heterocycles. The molecule has 1 atom stereocenters. The Kier molecular flexibility index (Phi) is 10.8. The van der Waals surface area contributed by atoms with Gasteiger partial charge in [0.05, 0.1) is 11.2 Å². The molecule has 0 unspecified atom stereocenters. The topological polar surface area (TPSA) is 89.5 Å². The van der Waals surface area contributed by atoms with E-state index in [1.54, 1.807) is 33.0 Å². The van der Waals surface area contributed by atoms with Gasteiger partial charge in [0.25, 0.3) is 8.32 Å². The number of halogens is 1. The number of hydrogen-bond acceptors (Lipinski definition) is 5. The fraction of sp³-hybridized carbons (Fsp3) is 0.457. The first-order chi connectivity index (χ1) is 20.3. The molecule has 0 aliphatic rings. The number of aromatic nitrogens is 1. The third-order valence-corrected chi connectivity index (χ3v) is 12.9. The Morgan fingerprint density at radius 1 is 0.818 bits per heavy atom. The first-order valence-corrected chi connectivity index (χ1v) is 17.3. The van der Waals surface area contributed by atoms with Crippen molar-refractivity contribution in [3.05, 3.63) is 83.6 Å². The van der Waals surface area contributed by atoms with E-state index in [-0.39, 0.29) is 21.8 Å². The Morgan fingerprint density at radius 3 is 1.80 bits per heavy atom. The lowest BCUT2D eigenvalue weighted by molar-refractivity contribution is -0.130. The minimum Gasteiger partial charge on any atom is -0.444 e. The summed E-state index contributed by atoms with van der Waals surface area (Å²) in [6.45, 7) is 19.9. The van der Waals surface area contributed by atoms with Gasteiger partial charge in [0, 0.05) is 23.8 Å². The van der Waals surface area contributed by atoms with Crippen LogP contribution < -0.4 is 21.0 Å². The molecule has 7 nitrogen and oxygen atoms in total. The van der Waals surface area contributed by atoms with Gasteiger partial charge in [-0.25, -0.2) is 9.78 Å². The highest BCUT2D eigenvalue weighted by Gasteiger charge is 2.50. The van der Waals surface area contributed by atoms with Crippen LogP contribution in [-0.4, -0.2) is 37.5 Å². The van der Waals surface area contributed by atoms with Crippen molar-refractivity contribution in [2.45, 2.75) is 91.8 Å². The van der Waals surface area contributed by atoms with Gasteiger partial charge >= 0.3 is 6.09 Å². The van der Waals surface area contributed by atoms with Crippen LogP contribution in [0.3, 0.4) is 0 Å². The van der Waals surface area contributed by atoms with E-state index in [0.29, 0.717) is 18.6 Å². The third kappa shape index (κ3) is 8.28. The van der Waals surface area contributed by atoms with Gasteiger partial charge in [-0.1, -0.05) is 114 Å². The molecule has 0 saturated carbocycles. The van der Waals surface area contributed by atoms with Crippen molar-refractivity contribution in [3.8, 4) is 0 Å². The number of nitrogens with one attached hydrogen (secondary N) is 2. The molecule has 3 aromatic rings. The zero-order valence-electron chi connectivity index (χ0n) is 27.8. The largest absolute Gasteiger partial charge is 0.444 e. The van der Waals surface area contributed by atoms with E-state index in [4.69, 9.17) is 20.8 Å². The Morgan fingerprint density at radius 2 is 1.34 bits per heavy atom. The van der Waals surface area contributed by atoms with Crippen molar-refractivity contribution in [1.29, 1.82) is 0 Å². The monoisotopic (exact) mass is 637 g/mol. The van der Waals surface area contributed by atoms with Gasteiger partial charge in [0.15, 0.2) is 5.15 Å². The Bertz CT molecular complexity index is 1390. The molecule has 2 amide bonds. The summed E-state index contributed by atoms with van der Waals surface area (Å²) in [7, 11) is -2.84. The highest BCUT2D eigenvalue weighted by atomic mass is 35.5. The van der Waals surface area contributed by atoms with E-state index in [1.165, 1.54) is 10.4 Å². The lowest BCUT2D eigenvalue weighted by Gasteiger charge is -2.44. The van der Waals surface area contributed by atoms with Crippen LogP contribution in [0.4, 0.5) is 10.5 Å². The summed E-state index contributed by atoms with van der Waals surface area (Å²) in [5.41, 5.74) is -1.49. The summed E-state index contributed by atoms with van der Waals surface area (Å²) in [5, 5.41) is 8.27. The fourth-order valence-electron chi connectivity index (χ4n) is 5.29. The van der Waals surface area contributed by atoms with Crippen LogP contribution in [0, 0.1) is 5.41 Å². The van der Waals surface area contributed by atoms with E-state index >= 15 is 0 Å². The van der Waals surface area contributed by atoms with Crippen LogP contribution in [0.15, 0.2) is 72.9 Å². The normalized spacial score (nSPS) is 14.0. The molecule has 0 spiro atoms. The molecule has 1 aromatic heterocycles. The lowest BCUT2D eigenvalue weighted by atomic mass is 9.85. The number of anilines is 1. The molecule has 0 aliphatic carbocycles. The Balaban J connectivity index is 2.10. The number of ether oxygens (including phenoxy) is 1. The van der Waals surface area contributed by atoms with Crippen LogP contribution in [0.5, 0.6) is 0 Å². The van der Waals surface area contributed by atoms with Crippen LogP contribution in [0.1, 0.15) is 81.2 Å². The van der Waals surface area contributed by atoms with E-state index in [0.717, 1.165) is 0 Å². The molecule has 0 aliphatic heterocycles. The number of carbonyl (C=O) groups excluding carboxylic acids is 2. The minimum atomic E-state index is -2.84. The summed E-state index contributed by atoms with van der Waals surface area (Å²) in [6, 6.07) is 22.6. The fourth-order valence-corrected chi connectivity index (χ4v) is 10.1. The maximum atomic E-state index is 13.5. The summed E-state index contributed by atoms with van der Waals surface area (Å²) < 4.78 is 12.7. The summed E-state index contributed by atoms with van der Waals surface area (Å²) in [4.78, 5) is 30.6. The zero-order chi connectivity index (χ0) is 33.0. The molecular weight excluding hydrogens is 590 g/mol. The van der Waals surface area contributed by atoms with Gasteiger partial charge in [-0.05, 0) is 55.6 Å². The molecule has 3 rings (SSSR count). The van der Waals surface area contributed by atoms with Crippen LogP contribution >= 0.6 is 11.6 Å². The molecule has 9 heteroatoms. The Hall–Kier alpha value is -3.20. The molecule has 0 bridgehead atoms. The van der Waals surface area contributed by atoms with E-state index in [1.807, 2.05) is 39.8 Å². The van der Waals surface area contributed by atoms with Crippen molar-refractivity contribution in [2.24, 2.45) is 5.41 Å². The van der Waals surface area contributed by atoms with Crippen molar-refractivity contribution in [2.75, 3.05) is 11.9 Å². The number of rotatable bonds is 9. The van der Waals surface area contributed by atoms with Crippen molar-refractivity contribution in [3.63, 3.8) is 0 Å². The molecule has 44 heavy (non-hydrogen) atoms. The minimum absolute atomic E-state index is 0.0949. The van der Waals surface area contributed by atoms with Crippen LogP contribution in [0.25, 0.3) is 0 Å². The number of hydrogen-bond donors (Lipinski definition) is 2. The average molecular weight is 638 g/mol. The number of benzene rings is 2. The van der Waals surface area contributed by atoms with Gasteiger partial charge in [-0.3, -0.25) is 10.1 Å².